The predicted octanol–water partition coefficient (Wildman–Crippen LogP) is 1.47. The molecule has 0 saturated carbocycles. The molecule has 1 atom stereocenters. The summed E-state index contributed by atoms with van der Waals surface area (Å²) < 4.78 is 1.65. The summed E-state index contributed by atoms with van der Waals surface area (Å²) in [5, 5.41) is 16.4. The predicted molar refractivity (Wildman–Crippen MR) is 79.3 cm³/mol. The third-order valence-corrected chi connectivity index (χ3v) is 3.37. The van der Waals surface area contributed by atoms with Gasteiger partial charge in [0.25, 0.3) is 5.91 Å². The lowest BCUT2D eigenvalue weighted by atomic mass is 10.1. The number of aryl methyl sites for hydroxylation is 1. The number of hydrogen-bond acceptors (Lipinski definition) is 4. The van der Waals surface area contributed by atoms with Crippen LogP contribution >= 0.6 is 0 Å². The van der Waals surface area contributed by atoms with Gasteiger partial charge in [0.2, 0.25) is 0 Å². The van der Waals surface area contributed by atoms with Crippen LogP contribution in [0, 0.1) is 6.92 Å². The zero-order valence-corrected chi connectivity index (χ0v) is 12.3. The van der Waals surface area contributed by atoms with Crippen molar-refractivity contribution in [3.63, 3.8) is 0 Å². The lowest BCUT2D eigenvalue weighted by molar-refractivity contribution is 0.0941. The summed E-state index contributed by atoms with van der Waals surface area (Å²) in [6.07, 6.45) is 3.98. The van der Waals surface area contributed by atoms with Gasteiger partial charge in [0.1, 0.15) is 12.7 Å². The molecule has 0 bridgehead atoms. The van der Waals surface area contributed by atoms with E-state index in [1.165, 1.54) is 6.33 Å². The van der Waals surface area contributed by atoms with Crippen LogP contribution in [0.3, 0.4) is 0 Å². The molecule has 112 valence electrons. The number of aromatic nitrogens is 3. The average Bonchev–Trinajstić information content (AvgIpc) is 3.00. The molecule has 0 spiro atoms. The van der Waals surface area contributed by atoms with Crippen molar-refractivity contribution in [3.8, 4) is 5.69 Å². The second-order valence-electron chi connectivity index (χ2n) is 4.95. The SMILES string of the molecule is CCC(O)CCNC(=O)c1ccc(-n2cncn2)cc1C. The standard InChI is InChI=1S/C15H20N4O2/c1-3-13(20)6-7-17-15(21)14-5-4-12(8-11(14)2)19-10-16-9-18-19/h4-5,8-10,13,20H,3,6-7H2,1-2H3,(H,17,21). The van der Waals surface area contributed by atoms with E-state index in [1.54, 1.807) is 17.1 Å². The Bertz CT molecular complexity index is 596. The minimum Gasteiger partial charge on any atom is -0.393 e. The monoisotopic (exact) mass is 288 g/mol. The van der Waals surface area contributed by atoms with Gasteiger partial charge in [0.15, 0.2) is 0 Å². The van der Waals surface area contributed by atoms with Gasteiger partial charge in [-0.1, -0.05) is 6.92 Å². The van der Waals surface area contributed by atoms with Crippen LogP contribution in [0.4, 0.5) is 0 Å². The zero-order valence-electron chi connectivity index (χ0n) is 12.3. The van der Waals surface area contributed by atoms with Gasteiger partial charge in [-0.25, -0.2) is 9.67 Å². The zero-order chi connectivity index (χ0) is 15.2. The number of amides is 1. The summed E-state index contributed by atoms with van der Waals surface area (Å²) in [6.45, 7) is 4.27. The van der Waals surface area contributed by atoms with E-state index in [2.05, 4.69) is 15.4 Å². The molecule has 1 unspecified atom stereocenters. The van der Waals surface area contributed by atoms with Gasteiger partial charge in [-0.15, -0.1) is 0 Å². The number of aliphatic hydroxyl groups is 1. The number of nitrogens with zero attached hydrogens (tertiary/aromatic N) is 3. The Morgan fingerprint density at radius 3 is 2.90 bits per heavy atom. The minimum absolute atomic E-state index is 0.124. The van der Waals surface area contributed by atoms with Crippen molar-refractivity contribution in [2.45, 2.75) is 32.8 Å². The first-order valence-electron chi connectivity index (χ1n) is 7.03. The molecule has 1 amide bonds. The van der Waals surface area contributed by atoms with Gasteiger partial charge >= 0.3 is 0 Å². The first kappa shape index (κ1) is 15.2. The van der Waals surface area contributed by atoms with E-state index in [9.17, 15) is 9.90 Å². The summed E-state index contributed by atoms with van der Waals surface area (Å²) in [5.74, 6) is -0.124. The fourth-order valence-electron chi connectivity index (χ4n) is 2.04. The highest BCUT2D eigenvalue weighted by Gasteiger charge is 2.10. The van der Waals surface area contributed by atoms with Crippen molar-refractivity contribution >= 4 is 5.91 Å². The molecule has 0 fully saturated rings. The number of nitrogens with one attached hydrogen (secondary N) is 1. The van der Waals surface area contributed by atoms with Gasteiger partial charge in [0, 0.05) is 12.1 Å². The Hall–Kier alpha value is -2.21. The molecule has 0 aliphatic rings. The molecular weight excluding hydrogens is 268 g/mol. The maximum Gasteiger partial charge on any atom is 0.251 e. The van der Waals surface area contributed by atoms with Crippen molar-refractivity contribution < 1.29 is 9.90 Å². The number of carbonyl (C=O) groups excluding carboxylic acids is 1. The van der Waals surface area contributed by atoms with Crippen LogP contribution in [0.5, 0.6) is 0 Å². The van der Waals surface area contributed by atoms with Gasteiger partial charge in [-0.05, 0) is 43.5 Å². The van der Waals surface area contributed by atoms with Crippen LogP contribution in [0.1, 0.15) is 35.7 Å². The summed E-state index contributed by atoms with van der Waals surface area (Å²) >= 11 is 0. The second kappa shape index (κ2) is 6.99. The van der Waals surface area contributed by atoms with Crippen molar-refractivity contribution in [1.82, 2.24) is 20.1 Å². The van der Waals surface area contributed by atoms with E-state index in [0.29, 0.717) is 24.9 Å². The van der Waals surface area contributed by atoms with E-state index in [0.717, 1.165) is 11.3 Å². The van der Waals surface area contributed by atoms with Gasteiger partial charge < -0.3 is 10.4 Å². The number of aliphatic hydroxyl groups excluding tert-OH is 1. The van der Waals surface area contributed by atoms with Crippen LogP contribution in [0.2, 0.25) is 0 Å². The highest BCUT2D eigenvalue weighted by molar-refractivity contribution is 5.95. The fourth-order valence-corrected chi connectivity index (χ4v) is 2.04. The molecule has 2 rings (SSSR count). The maximum atomic E-state index is 12.1. The summed E-state index contributed by atoms with van der Waals surface area (Å²) in [5.41, 5.74) is 2.37. The largest absolute Gasteiger partial charge is 0.393 e. The molecule has 1 aromatic carbocycles. The lowest BCUT2D eigenvalue weighted by Gasteiger charge is -2.11. The van der Waals surface area contributed by atoms with Crippen LogP contribution in [-0.4, -0.2) is 38.4 Å². The van der Waals surface area contributed by atoms with E-state index < -0.39 is 0 Å². The third-order valence-electron chi connectivity index (χ3n) is 3.37. The molecule has 6 nitrogen and oxygen atoms in total. The van der Waals surface area contributed by atoms with Crippen LogP contribution in [-0.2, 0) is 0 Å². The van der Waals surface area contributed by atoms with Crippen molar-refractivity contribution in [3.05, 3.63) is 42.0 Å². The third kappa shape index (κ3) is 3.88. The first-order chi connectivity index (χ1) is 10.1. The molecule has 21 heavy (non-hydrogen) atoms. The van der Waals surface area contributed by atoms with Crippen molar-refractivity contribution in [1.29, 1.82) is 0 Å². The Kier molecular flexibility index (Phi) is 5.05. The Morgan fingerprint density at radius 1 is 1.48 bits per heavy atom. The molecular formula is C15H20N4O2. The molecule has 0 radical (unpaired) electrons. The van der Waals surface area contributed by atoms with Crippen molar-refractivity contribution in [2.24, 2.45) is 0 Å². The highest BCUT2D eigenvalue weighted by Crippen LogP contribution is 2.13. The number of hydrogen-bond donors (Lipinski definition) is 2. The van der Waals surface area contributed by atoms with Gasteiger partial charge in [-0.2, -0.15) is 5.10 Å². The minimum atomic E-state index is -0.360. The molecule has 2 N–H and O–H groups in total. The van der Waals surface area contributed by atoms with Crippen LogP contribution < -0.4 is 5.32 Å². The molecule has 2 aromatic rings. The van der Waals surface area contributed by atoms with Crippen LogP contribution in [0.25, 0.3) is 5.69 Å². The summed E-state index contributed by atoms with van der Waals surface area (Å²) in [4.78, 5) is 16.0. The molecule has 1 aromatic heterocycles. The first-order valence-corrected chi connectivity index (χ1v) is 7.03. The van der Waals surface area contributed by atoms with Gasteiger partial charge in [-0.3, -0.25) is 4.79 Å². The Morgan fingerprint density at radius 2 is 2.29 bits per heavy atom. The van der Waals surface area contributed by atoms with Crippen molar-refractivity contribution in [2.75, 3.05) is 6.54 Å². The number of rotatable bonds is 6. The Labute approximate surface area is 123 Å². The normalized spacial score (nSPS) is 12.1. The average molecular weight is 288 g/mol. The maximum absolute atomic E-state index is 12.1. The molecule has 0 aliphatic heterocycles. The topological polar surface area (TPSA) is 80.0 Å². The summed E-state index contributed by atoms with van der Waals surface area (Å²) in [7, 11) is 0. The molecule has 0 saturated heterocycles. The van der Waals surface area contributed by atoms with E-state index in [1.807, 2.05) is 26.0 Å². The van der Waals surface area contributed by atoms with E-state index >= 15 is 0 Å². The van der Waals surface area contributed by atoms with Crippen LogP contribution in [0.15, 0.2) is 30.9 Å². The highest BCUT2D eigenvalue weighted by atomic mass is 16.3. The fraction of sp³-hybridized carbons (Fsp3) is 0.400. The molecule has 0 aliphatic carbocycles. The smallest absolute Gasteiger partial charge is 0.251 e. The quantitative estimate of drug-likeness (QED) is 0.843. The lowest BCUT2D eigenvalue weighted by Crippen LogP contribution is -2.27. The molecule has 1 heterocycles. The number of benzene rings is 1. The number of carbonyl (C=O) groups is 1. The Balaban J connectivity index is 2.02. The van der Waals surface area contributed by atoms with Gasteiger partial charge in [0.05, 0.1) is 11.8 Å². The summed E-state index contributed by atoms with van der Waals surface area (Å²) in [6, 6.07) is 5.50. The molecule has 6 heteroatoms. The van der Waals surface area contributed by atoms with E-state index in [4.69, 9.17) is 0 Å². The second-order valence-corrected chi connectivity index (χ2v) is 4.95. The van der Waals surface area contributed by atoms with E-state index in [-0.39, 0.29) is 12.0 Å².